The van der Waals surface area contributed by atoms with E-state index in [-0.39, 0.29) is 0 Å². The summed E-state index contributed by atoms with van der Waals surface area (Å²) in [6, 6.07) is 5.28. The van der Waals surface area contributed by atoms with Crippen molar-refractivity contribution >= 4 is 0 Å². The molecule has 3 atom stereocenters. The van der Waals surface area contributed by atoms with Crippen LogP contribution in [0.5, 0.6) is 0 Å². The summed E-state index contributed by atoms with van der Waals surface area (Å²) in [5.41, 5.74) is 7.31. The minimum atomic E-state index is 0.330. The van der Waals surface area contributed by atoms with Gasteiger partial charge in [0.2, 0.25) is 0 Å². The minimum absolute atomic E-state index is 0.330. The second-order valence-electron chi connectivity index (χ2n) is 6.27. The summed E-state index contributed by atoms with van der Waals surface area (Å²) in [4.78, 5) is 9.39. The van der Waals surface area contributed by atoms with Gasteiger partial charge in [0.15, 0.2) is 0 Å². The van der Waals surface area contributed by atoms with Crippen molar-refractivity contribution in [1.82, 2.24) is 14.8 Å². The standard InChI is InChI=1S/C16H26N4/c1-19-8-3-5-14-12-20(9-6-15(14)19)16(10-17)13-4-2-7-18-11-13/h2,4,7,11,14-16H,3,5-6,8-10,12,17H2,1H3. The van der Waals surface area contributed by atoms with Crippen molar-refractivity contribution in [2.75, 3.05) is 33.2 Å². The summed E-state index contributed by atoms with van der Waals surface area (Å²) < 4.78 is 0. The zero-order valence-corrected chi connectivity index (χ0v) is 12.4. The molecule has 3 heterocycles. The second-order valence-corrected chi connectivity index (χ2v) is 6.27. The lowest BCUT2D eigenvalue weighted by atomic mass is 9.83. The molecule has 0 aromatic carbocycles. The number of hydrogen-bond donors (Lipinski definition) is 1. The molecule has 3 rings (SSSR count). The van der Waals surface area contributed by atoms with Gasteiger partial charge in [-0.2, -0.15) is 0 Å². The molecule has 1 aromatic rings. The van der Waals surface area contributed by atoms with Crippen LogP contribution in [-0.2, 0) is 0 Å². The third-order valence-electron chi connectivity index (χ3n) is 5.11. The van der Waals surface area contributed by atoms with Gasteiger partial charge in [-0.1, -0.05) is 6.07 Å². The van der Waals surface area contributed by atoms with Crippen molar-refractivity contribution in [1.29, 1.82) is 0 Å². The van der Waals surface area contributed by atoms with Gasteiger partial charge in [0, 0.05) is 44.1 Å². The van der Waals surface area contributed by atoms with Gasteiger partial charge in [-0.3, -0.25) is 9.88 Å². The van der Waals surface area contributed by atoms with Crippen LogP contribution in [0.4, 0.5) is 0 Å². The van der Waals surface area contributed by atoms with Crippen LogP contribution >= 0.6 is 0 Å². The lowest BCUT2D eigenvalue weighted by Crippen LogP contribution is -2.53. The Labute approximate surface area is 122 Å². The summed E-state index contributed by atoms with van der Waals surface area (Å²) in [7, 11) is 2.29. The third kappa shape index (κ3) is 2.73. The van der Waals surface area contributed by atoms with Crippen molar-refractivity contribution in [3.05, 3.63) is 30.1 Å². The number of hydrogen-bond acceptors (Lipinski definition) is 4. The highest BCUT2D eigenvalue weighted by Gasteiger charge is 2.36. The van der Waals surface area contributed by atoms with Gasteiger partial charge in [-0.25, -0.2) is 0 Å². The van der Waals surface area contributed by atoms with E-state index < -0.39 is 0 Å². The Morgan fingerprint density at radius 3 is 3.05 bits per heavy atom. The summed E-state index contributed by atoms with van der Waals surface area (Å²) in [5.74, 6) is 0.813. The second kappa shape index (κ2) is 6.20. The fourth-order valence-electron chi connectivity index (χ4n) is 4.03. The molecule has 3 unspecified atom stereocenters. The van der Waals surface area contributed by atoms with Crippen molar-refractivity contribution in [3.8, 4) is 0 Å². The normalized spacial score (nSPS) is 29.9. The molecule has 0 aliphatic carbocycles. The predicted octanol–water partition coefficient (Wildman–Crippen LogP) is 1.50. The monoisotopic (exact) mass is 274 g/mol. The van der Waals surface area contributed by atoms with E-state index in [9.17, 15) is 0 Å². The molecule has 2 aliphatic heterocycles. The fourth-order valence-corrected chi connectivity index (χ4v) is 4.03. The Kier molecular flexibility index (Phi) is 4.34. The first-order chi connectivity index (χ1) is 9.79. The number of likely N-dealkylation sites (tertiary alicyclic amines) is 2. The smallest absolute Gasteiger partial charge is 0.0485 e. The predicted molar refractivity (Wildman–Crippen MR) is 81.4 cm³/mol. The van der Waals surface area contributed by atoms with E-state index in [4.69, 9.17) is 5.73 Å². The van der Waals surface area contributed by atoms with Gasteiger partial charge in [0.05, 0.1) is 0 Å². The molecule has 0 bridgehead atoms. The Morgan fingerprint density at radius 2 is 2.30 bits per heavy atom. The summed E-state index contributed by atoms with van der Waals surface area (Å²) >= 11 is 0. The SMILES string of the molecule is CN1CCCC2CN(C(CN)c3cccnc3)CCC21. The van der Waals surface area contributed by atoms with Crippen LogP contribution in [0.1, 0.15) is 30.9 Å². The highest BCUT2D eigenvalue weighted by atomic mass is 15.2. The van der Waals surface area contributed by atoms with Crippen molar-refractivity contribution in [2.24, 2.45) is 11.7 Å². The van der Waals surface area contributed by atoms with E-state index >= 15 is 0 Å². The number of fused-ring (bicyclic) bond motifs is 1. The first-order valence-corrected chi connectivity index (χ1v) is 7.84. The lowest BCUT2D eigenvalue weighted by Gasteiger charge is -2.47. The number of piperidine rings is 2. The number of aromatic nitrogens is 1. The molecule has 0 radical (unpaired) electrons. The minimum Gasteiger partial charge on any atom is -0.329 e. The van der Waals surface area contributed by atoms with Gasteiger partial charge in [0.25, 0.3) is 0 Å². The van der Waals surface area contributed by atoms with Gasteiger partial charge in [0.1, 0.15) is 0 Å². The maximum absolute atomic E-state index is 6.05. The zero-order valence-electron chi connectivity index (χ0n) is 12.4. The number of nitrogens with zero attached hydrogens (tertiary/aromatic N) is 3. The average Bonchev–Trinajstić information content (AvgIpc) is 2.49. The van der Waals surface area contributed by atoms with Crippen LogP contribution in [0, 0.1) is 5.92 Å². The highest BCUT2D eigenvalue weighted by Crippen LogP contribution is 2.33. The molecular formula is C16H26N4. The van der Waals surface area contributed by atoms with E-state index in [0.29, 0.717) is 12.6 Å². The Morgan fingerprint density at radius 1 is 1.40 bits per heavy atom. The molecule has 4 nitrogen and oxygen atoms in total. The van der Waals surface area contributed by atoms with Crippen molar-refractivity contribution in [3.63, 3.8) is 0 Å². The maximum Gasteiger partial charge on any atom is 0.0485 e. The van der Waals surface area contributed by atoms with Gasteiger partial charge >= 0.3 is 0 Å². The van der Waals surface area contributed by atoms with Crippen molar-refractivity contribution < 1.29 is 0 Å². The van der Waals surface area contributed by atoms with Crippen LogP contribution in [0.15, 0.2) is 24.5 Å². The van der Waals surface area contributed by atoms with Crippen LogP contribution in [-0.4, -0.2) is 54.1 Å². The lowest BCUT2D eigenvalue weighted by molar-refractivity contribution is 0.0211. The van der Waals surface area contributed by atoms with Crippen LogP contribution in [0.3, 0.4) is 0 Å². The van der Waals surface area contributed by atoms with E-state index in [1.165, 1.54) is 37.9 Å². The fraction of sp³-hybridized carbons (Fsp3) is 0.688. The summed E-state index contributed by atoms with van der Waals surface area (Å²) in [6.45, 7) is 4.29. The van der Waals surface area contributed by atoms with E-state index in [2.05, 4.69) is 27.9 Å². The van der Waals surface area contributed by atoms with E-state index in [1.807, 2.05) is 18.5 Å². The van der Waals surface area contributed by atoms with Gasteiger partial charge in [-0.15, -0.1) is 0 Å². The topological polar surface area (TPSA) is 45.4 Å². The molecule has 110 valence electrons. The molecule has 2 fully saturated rings. The number of rotatable bonds is 3. The molecule has 2 saturated heterocycles. The van der Waals surface area contributed by atoms with Gasteiger partial charge in [-0.05, 0) is 50.4 Å². The Bertz CT molecular complexity index is 422. The van der Waals surface area contributed by atoms with E-state index in [0.717, 1.165) is 18.5 Å². The molecule has 0 saturated carbocycles. The largest absolute Gasteiger partial charge is 0.329 e. The summed E-state index contributed by atoms with van der Waals surface area (Å²) in [6.07, 6.45) is 7.79. The number of pyridine rings is 1. The van der Waals surface area contributed by atoms with Gasteiger partial charge < -0.3 is 10.6 Å². The van der Waals surface area contributed by atoms with Crippen molar-refractivity contribution in [2.45, 2.75) is 31.3 Å². The van der Waals surface area contributed by atoms with E-state index in [1.54, 1.807) is 0 Å². The zero-order chi connectivity index (χ0) is 13.9. The molecule has 4 heteroatoms. The Hall–Kier alpha value is -0.970. The Balaban J connectivity index is 1.71. The molecule has 0 spiro atoms. The van der Waals surface area contributed by atoms with Crippen LogP contribution < -0.4 is 5.73 Å². The molecule has 2 aliphatic rings. The quantitative estimate of drug-likeness (QED) is 0.907. The first-order valence-electron chi connectivity index (χ1n) is 7.84. The third-order valence-corrected chi connectivity index (χ3v) is 5.11. The van der Waals surface area contributed by atoms with Crippen LogP contribution in [0.25, 0.3) is 0 Å². The molecule has 1 aromatic heterocycles. The molecule has 0 amide bonds. The molecular weight excluding hydrogens is 248 g/mol. The highest BCUT2D eigenvalue weighted by molar-refractivity contribution is 5.15. The first kappa shape index (κ1) is 14.0. The van der Waals surface area contributed by atoms with Crippen LogP contribution in [0.2, 0.25) is 0 Å². The summed E-state index contributed by atoms with van der Waals surface area (Å²) in [5, 5.41) is 0. The molecule has 2 N–H and O–H groups in total. The molecule has 20 heavy (non-hydrogen) atoms. The maximum atomic E-state index is 6.05. The number of nitrogens with two attached hydrogens (primary N) is 1. The average molecular weight is 274 g/mol.